The van der Waals surface area contributed by atoms with Crippen molar-refractivity contribution >= 4 is 6.16 Å². The van der Waals surface area contributed by atoms with E-state index in [2.05, 4.69) is 0 Å². The van der Waals surface area contributed by atoms with E-state index in [9.17, 15) is 9.90 Å². The molecule has 0 atom stereocenters. The van der Waals surface area contributed by atoms with Crippen molar-refractivity contribution in [3.63, 3.8) is 0 Å². The Balaban J connectivity index is 2.03. The molecule has 5 heteroatoms. The molecule has 0 radical (unpaired) electrons. The second-order valence-electron chi connectivity index (χ2n) is 4.10. The minimum absolute atomic E-state index is 0.117. The molecule has 20 heavy (non-hydrogen) atoms. The number of methoxy groups -OCH3 is 1. The van der Waals surface area contributed by atoms with Crippen molar-refractivity contribution < 1.29 is 24.1 Å². The summed E-state index contributed by atoms with van der Waals surface area (Å²) in [5.74, 6) is 0.742. The molecule has 5 nitrogen and oxygen atoms in total. The Morgan fingerprint density at radius 3 is 2.35 bits per heavy atom. The fourth-order valence-corrected chi connectivity index (χ4v) is 1.63. The van der Waals surface area contributed by atoms with Crippen molar-refractivity contribution in [2.45, 2.75) is 6.92 Å². The zero-order valence-corrected chi connectivity index (χ0v) is 11.1. The highest BCUT2D eigenvalue weighted by molar-refractivity contribution is 5.67. The molecule has 0 spiro atoms. The van der Waals surface area contributed by atoms with Crippen LogP contribution in [0.4, 0.5) is 4.79 Å². The molecule has 0 aromatic heterocycles. The Hall–Kier alpha value is -2.69. The predicted molar refractivity (Wildman–Crippen MR) is 72.5 cm³/mol. The van der Waals surface area contributed by atoms with Crippen LogP contribution in [-0.4, -0.2) is 18.4 Å². The molecule has 0 unspecified atom stereocenters. The standard InChI is InChI=1S/C15H14O5/c1-10-4-3-5-11(8-10)19-15(17)20-12-6-7-14(18-2)13(16)9-12/h3-9,16H,1-2H3. The number of carbonyl (C=O) groups is 1. The van der Waals surface area contributed by atoms with Gasteiger partial charge in [0.1, 0.15) is 11.5 Å². The van der Waals surface area contributed by atoms with Gasteiger partial charge in [-0.2, -0.15) is 0 Å². The summed E-state index contributed by atoms with van der Waals surface area (Å²) in [6.45, 7) is 1.89. The van der Waals surface area contributed by atoms with Crippen LogP contribution in [-0.2, 0) is 0 Å². The lowest BCUT2D eigenvalue weighted by molar-refractivity contribution is 0.151. The van der Waals surface area contributed by atoms with E-state index < -0.39 is 6.16 Å². The van der Waals surface area contributed by atoms with Gasteiger partial charge < -0.3 is 19.3 Å². The number of rotatable bonds is 3. The molecule has 104 valence electrons. The molecular weight excluding hydrogens is 260 g/mol. The summed E-state index contributed by atoms with van der Waals surface area (Å²) in [6, 6.07) is 11.3. The summed E-state index contributed by atoms with van der Waals surface area (Å²) in [7, 11) is 1.43. The van der Waals surface area contributed by atoms with Gasteiger partial charge in [-0.25, -0.2) is 4.79 Å². The normalized spacial score (nSPS) is 9.90. The smallest absolute Gasteiger partial charge is 0.504 e. The van der Waals surface area contributed by atoms with Gasteiger partial charge in [0.05, 0.1) is 7.11 Å². The van der Waals surface area contributed by atoms with Crippen molar-refractivity contribution in [1.29, 1.82) is 0 Å². The van der Waals surface area contributed by atoms with Crippen LogP contribution in [0.5, 0.6) is 23.0 Å². The van der Waals surface area contributed by atoms with Crippen LogP contribution >= 0.6 is 0 Å². The van der Waals surface area contributed by atoms with E-state index in [1.807, 2.05) is 13.0 Å². The highest BCUT2D eigenvalue weighted by Gasteiger charge is 2.10. The first-order chi connectivity index (χ1) is 9.58. The molecule has 0 bridgehead atoms. The number of ether oxygens (including phenoxy) is 3. The Morgan fingerprint density at radius 2 is 1.75 bits per heavy atom. The van der Waals surface area contributed by atoms with Crippen LogP contribution in [0.25, 0.3) is 0 Å². The van der Waals surface area contributed by atoms with Gasteiger partial charge in [0.25, 0.3) is 0 Å². The number of aryl methyl sites for hydroxylation is 1. The first-order valence-corrected chi connectivity index (χ1v) is 5.92. The fourth-order valence-electron chi connectivity index (χ4n) is 1.63. The van der Waals surface area contributed by atoms with Gasteiger partial charge in [-0.15, -0.1) is 0 Å². The summed E-state index contributed by atoms with van der Waals surface area (Å²) in [5.41, 5.74) is 0.970. The fraction of sp³-hybridized carbons (Fsp3) is 0.133. The number of benzene rings is 2. The predicted octanol–water partition coefficient (Wildman–Crippen LogP) is 3.29. The lowest BCUT2D eigenvalue weighted by Gasteiger charge is -2.08. The van der Waals surface area contributed by atoms with Gasteiger partial charge in [-0.1, -0.05) is 12.1 Å². The van der Waals surface area contributed by atoms with Crippen molar-refractivity contribution in [2.24, 2.45) is 0 Å². The van der Waals surface area contributed by atoms with E-state index in [1.54, 1.807) is 18.2 Å². The highest BCUT2D eigenvalue weighted by atomic mass is 16.7. The summed E-state index contributed by atoms with van der Waals surface area (Å²) in [6.07, 6.45) is -0.875. The lowest BCUT2D eigenvalue weighted by atomic mass is 10.2. The van der Waals surface area contributed by atoms with Crippen LogP contribution < -0.4 is 14.2 Å². The SMILES string of the molecule is COc1ccc(OC(=O)Oc2cccc(C)c2)cc1O. The largest absolute Gasteiger partial charge is 0.519 e. The molecule has 0 aliphatic carbocycles. The number of hydrogen-bond acceptors (Lipinski definition) is 5. The summed E-state index contributed by atoms with van der Waals surface area (Å²) in [4.78, 5) is 11.6. The number of phenols is 1. The maximum atomic E-state index is 11.6. The third-order valence-corrected chi connectivity index (χ3v) is 2.54. The molecule has 0 aliphatic heterocycles. The minimum atomic E-state index is -0.875. The molecule has 2 rings (SSSR count). The van der Waals surface area contributed by atoms with Crippen molar-refractivity contribution in [1.82, 2.24) is 0 Å². The van der Waals surface area contributed by atoms with Crippen LogP contribution in [0.3, 0.4) is 0 Å². The van der Waals surface area contributed by atoms with Gasteiger partial charge in [-0.05, 0) is 36.8 Å². The van der Waals surface area contributed by atoms with Crippen LogP contribution in [0.2, 0.25) is 0 Å². The molecular formula is C15H14O5. The lowest BCUT2D eigenvalue weighted by Crippen LogP contribution is -2.13. The van der Waals surface area contributed by atoms with E-state index in [-0.39, 0.29) is 11.5 Å². The number of aromatic hydroxyl groups is 1. The summed E-state index contributed by atoms with van der Waals surface area (Å²) < 4.78 is 14.9. The van der Waals surface area contributed by atoms with Gasteiger partial charge in [0, 0.05) is 6.07 Å². The number of phenolic OH excluding ortho intramolecular Hbond substituents is 1. The molecule has 0 amide bonds. The summed E-state index contributed by atoms with van der Waals surface area (Å²) in [5, 5.41) is 9.57. The highest BCUT2D eigenvalue weighted by Crippen LogP contribution is 2.29. The summed E-state index contributed by atoms with van der Waals surface area (Å²) >= 11 is 0. The third kappa shape index (κ3) is 3.41. The van der Waals surface area contributed by atoms with Crippen LogP contribution in [0.1, 0.15) is 5.56 Å². The van der Waals surface area contributed by atoms with E-state index in [0.29, 0.717) is 11.5 Å². The average Bonchev–Trinajstić information content (AvgIpc) is 2.38. The Kier molecular flexibility index (Phi) is 4.10. The van der Waals surface area contributed by atoms with Crippen LogP contribution in [0.15, 0.2) is 42.5 Å². The Bertz CT molecular complexity index is 621. The van der Waals surface area contributed by atoms with Gasteiger partial charge in [0.15, 0.2) is 11.5 Å². The number of carbonyl (C=O) groups excluding carboxylic acids is 1. The maximum absolute atomic E-state index is 11.6. The molecule has 0 fully saturated rings. The monoisotopic (exact) mass is 274 g/mol. The molecule has 0 saturated carbocycles. The second-order valence-corrected chi connectivity index (χ2v) is 4.10. The number of hydrogen-bond donors (Lipinski definition) is 1. The zero-order valence-electron chi connectivity index (χ0n) is 11.1. The second kappa shape index (κ2) is 5.97. The van der Waals surface area contributed by atoms with E-state index in [1.165, 1.54) is 25.3 Å². The Labute approximate surface area is 116 Å². The molecule has 1 N–H and O–H groups in total. The molecule has 0 heterocycles. The van der Waals surface area contributed by atoms with Crippen molar-refractivity contribution in [3.8, 4) is 23.0 Å². The van der Waals surface area contributed by atoms with E-state index >= 15 is 0 Å². The van der Waals surface area contributed by atoms with E-state index in [0.717, 1.165) is 5.56 Å². The maximum Gasteiger partial charge on any atom is 0.519 e. The zero-order chi connectivity index (χ0) is 14.5. The first kappa shape index (κ1) is 13.7. The third-order valence-electron chi connectivity index (χ3n) is 2.54. The Morgan fingerprint density at radius 1 is 1.05 bits per heavy atom. The van der Waals surface area contributed by atoms with E-state index in [4.69, 9.17) is 14.2 Å². The molecule has 2 aromatic carbocycles. The van der Waals surface area contributed by atoms with Crippen molar-refractivity contribution in [2.75, 3.05) is 7.11 Å². The van der Waals surface area contributed by atoms with Crippen LogP contribution in [0, 0.1) is 6.92 Å². The van der Waals surface area contributed by atoms with Gasteiger partial charge >= 0.3 is 6.16 Å². The first-order valence-electron chi connectivity index (χ1n) is 5.92. The topological polar surface area (TPSA) is 65.0 Å². The van der Waals surface area contributed by atoms with Gasteiger partial charge in [-0.3, -0.25) is 0 Å². The average molecular weight is 274 g/mol. The molecule has 0 saturated heterocycles. The minimum Gasteiger partial charge on any atom is -0.504 e. The van der Waals surface area contributed by atoms with Gasteiger partial charge in [0.2, 0.25) is 0 Å². The molecule has 0 aliphatic rings. The molecule has 2 aromatic rings. The quantitative estimate of drug-likeness (QED) is 0.687. The van der Waals surface area contributed by atoms with Crippen molar-refractivity contribution in [3.05, 3.63) is 48.0 Å².